The van der Waals surface area contributed by atoms with E-state index in [2.05, 4.69) is 10.6 Å². The van der Waals surface area contributed by atoms with Gasteiger partial charge in [-0.3, -0.25) is 4.79 Å². The molecular weight excluding hydrogens is 334 g/mol. The first-order valence-corrected chi connectivity index (χ1v) is 7.78. The second kappa shape index (κ2) is 8.89. The molecule has 7 nitrogen and oxygen atoms in total. The minimum Gasteiger partial charge on any atom is -0.494 e. The number of nitrogens with one attached hydrogen (secondary N) is 2. The molecule has 0 aliphatic heterocycles. The van der Waals surface area contributed by atoms with Gasteiger partial charge in [-0.15, -0.1) is 0 Å². The van der Waals surface area contributed by atoms with Crippen LogP contribution in [0.15, 0.2) is 60.3 Å². The zero-order valence-corrected chi connectivity index (χ0v) is 14.0. The lowest BCUT2D eigenvalue weighted by molar-refractivity contribution is -0.112. The molecule has 0 aliphatic carbocycles. The number of carboxylic acids is 1. The van der Waals surface area contributed by atoms with Crippen LogP contribution in [-0.4, -0.2) is 23.6 Å². The molecule has 0 aliphatic rings. The molecule has 0 atom stereocenters. The van der Waals surface area contributed by atoms with Gasteiger partial charge in [-0.25, -0.2) is 4.79 Å². The number of nitriles is 1. The van der Waals surface area contributed by atoms with Gasteiger partial charge in [0.2, 0.25) is 0 Å². The van der Waals surface area contributed by atoms with Crippen molar-refractivity contribution in [1.29, 1.82) is 5.26 Å². The van der Waals surface area contributed by atoms with E-state index >= 15 is 0 Å². The number of anilines is 2. The second-order valence-electron chi connectivity index (χ2n) is 5.11. The van der Waals surface area contributed by atoms with Crippen molar-refractivity contribution in [1.82, 2.24) is 0 Å². The lowest BCUT2D eigenvalue weighted by Gasteiger charge is -2.07. The van der Waals surface area contributed by atoms with Crippen molar-refractivity contribution in [3.63, 3.8) is 0 Å². The fourth-order valence-corrected chi connectivity index (χ4v) is 2.05. The Morgan fingerprint density at radius 2 is 1.92 bits per heavy atom. The van der Waals surface area contributed by atoms with Crippen molar-refractivity contribution in [3.05, 3.63) is 65.9 Å². The average molecular weight is 351 g/mol. The summed E-state index contributed by atoms with van der Waals surface area (Å²) in [5, 5.41) is 23.5. The molecule has 26 heavy (non-hydrogen) atoms. The first kappa shape index (κ1) is 18.5. The van der Waals surface area contributed by atoms with E-state index in [4.69, 9.17) is 9.84 Å². The molecule has 132 valence electrons. The van der Waals surface area contributed by atoms with E-state index in [0.717, 1.165) is 5.75 Å². The van der Waals surface area contributed by atoms with E-state index < -0.39 is 11.9 Å². The van der Waals surface area contributed by atoms with E-state index in [-0.39, 0.29) is 16.8 Å². The predicted molar refractivity (Wildman–Crippen MR) is 97.0 cm³/mol. The molecule has 0 heterocycles. The first-order chi connectivity index (χ1) is 12.5. The highest BCUT2D eigenvalue weighted by atomic mass is 16.5. The van der Waals surface area contributed by atoms with Gasteiger partial charge in [0.25, 0.3) is 5.91 Å². The number of aromatic carboxylic acids is 1. The number of carbonyl (C=O) groups is 2. The summed E-state index contributed by atoms with van der Waals surface area (Å²) >= 11 is 0. The summed E-state index contributed by atoms with van der Waals surface area (Å²) in [5.41, 5.74) is 0.858. The summed E-state index contributed by atoms with van der Waals surface area (Å²) in [6.45, 7) is 2.45. The Morgan fingerprint density at radius 1 is 1.19 bits per heavy atom. The van der Waals surface area contributed by atoms with E-state index in [1.165, 1.54) is 24.4 Å². The van der Waals surface area contributed by atoms with Gasteiger partial charge in [-0.1, -0.05) is 6.07 Å². The zero-order chi connectivity index (χ0) is 18.9. The van der Waals surface area contributed by atoms with Crippen molar-refractivity contribution < 1.29 is 19.4 Å². The summed E-state index contributed by atoms with van der Waals surface area (Å²) < 4.78 is 5.34. The van der Waals surface area contributed by atoms with E-state index in [1.54, 1.807) is 36.4 Å². The first-order valence-electron chi connectivity index (χ1n) is 7.78. The number of hydrogen-bond acceptors (Lipinski definition) is 5. The lowest BCUT2D eigenvalue weighted by Crippen LogP contribution is -2.15. The highest BCUT2D eigenvalue weighted by Crippen LogP contribution is 2.16. The van der Waals surface area contributed by atoms with Crippen LogP contribution in [-0.2, 0) is 4.79 Å². The Bertz CT molecular complexity index is 867. The summed E-state index contributed by atoms with van der Waals surface area (Å²) in [6, 6.07) is 14.6. The van der Waals surface area contributed by atoms with Crippen molar-refractivity contribution in [2.45, 2.75) is 6.92 Å². The molecule has 0 radical (unpaired) electrons. The Morgan fingerprint density at radius 3 is 2.54 bits per heavy atom. The number of rotatable bonds is 7. The van der Waals surface area contributed by atoms with Crippen LogP contribution in [0.25, 0.3) is 0 Å². The average Bonchev–Trinajstić information content (AvgIpc) is 2.64. The standard InChI is InChI=1S/C19H17N3O4/c1-2-26-17-8-6-15(7-9-17)21-12-14(11-20)18(23)22-16-5-3-4-13(10-16)19(24)25/h3-10,12,21H,2H2,1H3,(H,22,23)(H,24,25)/b14-12-. The third-order valence-electron chi connectivity index (χ3n) is 3.28. The van der Waals surface area contributed by atoms with Gasteiger partial charge < -0.3 is 20.5 Å². The maximum absolute atomic E-state index is 12.2. The monoisotopic (exact) mass is 351 g/mol. The Hall–Kier alpha value is -3.79. The molecule has 1 amide bonds. The Kier molecular flexibility index (Phi) is 6.34. The molecule has 0 fully saturated rings. The summed E-state index contributed by atoms with van der Waals surface area (Å²) in [5.74, 6) is -1.03. The predicted octanol–water partition coefficient (Wildman–Crippen LogP) is 3.24. The molecule has 7 heteroatoms. The number of carbonyl (C=O) groups excluding carboxylic acids is 1. The van der Waals surface area contributed by atoms with Crippen LogP contribution in [0, 0.1) is 11.3 Å². The second-order valence-corrected chi connectivity index (χ2v) is 5.11. The number of ether oxygens (including phenoxy) is 1. The molecule has 0 spiro atoms. The van der Waals surface area contributed by atoms with E-state index in [9.17, 15) is 14.9 Å². The van der Waals surface area contributed by atoms with Gasteiger partial charge in [0, 0.05) is 17.6 Å². The number of benzene rings is 2. The van der Waals surface area contributed by atoms with Crippen LogP contribution in [0.5, 0.6) is 5.75 Å². The largest absolute Gasteiger partial charge is 0.494 e. The number of nitrogens with zero attached hydrogens (tertiary/aromatic N) is 1. The number of amides is 1. The highest BCUT2D eigenvalue weighted by Gasteiger charge is 2.11. The van der Waals surface area contributed by atoms with E-state index in [1.807, 2.05) is 6.92 Å². The van der Waals surface area contributed by atoms with E-state index in [0.29, 0.717) is 12.3 Å². The normalized spacial score (nSPS) is 10.5. The number of hydrogen-bond donors (Lipinski definition) is 3. The van der Waals surface area contributed by atoms with Gasteiger partial charge in [-0.2, -0.15) is 5.26 Å². The molecule has 0 aromatic heterocycles. The van der Waals surface area contributed by atoms with Crippen LogP contribution in [0.3, 0.4) is 0 Å². The van der Waals surface area contributed by atoms with Crippen LogP contribution < -0.4 is 15.4 Å². The molecule has 0 saturated carbocycles. The molecule has 3 N–H and O–H groups in total. The topological polar surface area (TPSA) is 111 Å². The zero-order valence-electron chi connectivity index (χ0n) is 14.0. The number of carboxylic acid groups (broad SMARTS) is 1. The van der Waals surface area contributed by atoms with Crippen LogP contribution in [0.1, 0.15) is 17.3 Å². The molecule has 0 bridgehead atoms. The van der Waals surface area contributed by atoms with Gasteiger partial charge in [-0.05, 0) is 49.4 Å². The molecular formula is C19H17N3O4. The summed E-state index contributed by atoms with van der Waals surface area (Å²) in [7, 11) is 0. The molecule has 2 aromatic rings. The molecule has 2 aromatic carbocycles. The molecule has 0 unspecified atom stereocenters. The van der Waals surface area contributed by atoms with Gasteiger partial charge in [0.15, 0.2) is 0 Å². The fraction of sp³-hybridized carbons (Fsp3) is 0.105. The third kappa shape index (κ3) is 5.11. The third-order valence-corrected chi connectivity index (χ3v) is 3.28. The minimum atomic E-state index is -1.10. The minimum absolute atomic E-state index is 0.0396. The van der Waals surface area contributed by atoms with Gasteiger partial charge >= 0.3 is 5.97 Å². The Labute approximate surface area is 150 Å². The smallest absolute Gasteiger partial charge is 0.335 e. The maximum atomic E-state index is 12.2. The van der Waals surface area contributed by atoms with Crippen LogP contribution in [0.4, 0.5) is 11.4 Å². The fourth-order valence-electron chi connectivity index (χ4n) is 2.05. The molecule has 2 rings (SSSR count). The Balaban J connectivity index is 2.06. The van der Waals surface area contributed by atoms with Crippen molar-refractivity contribution in [2.75, 3.05) is 17.2 Å². The summed E-state index contributed by atoms with van der Waals surface area (Å²) in [4.78, 5) is 23.1. The van der Waals surface area contributed by atoms with Gasteiger partial charge in [0.1, 0.15) is 17.4 Å². The summed E-state index contributed by atoms with van der Waals surface area (Å²) in [6.07, 6.45) is 1.28. The van der Waals surface area contributed by atoms with Crippen LogP contribution >= 0.6 is 0 Å². The van der Waals surface area contributed by atoms with Crippen molar-refractivity contribution in [3.8, 4) is 11.8 Å². The van der Waals surface area contributed by atoms with Crippen LogP contribution in [0.2, 0.25) is 0 Å². The highest BCUT2D eigenvalue weighted by molar-refractivity contribution is 6.07. The maximum Gasteiger partial charge on any atom is 0.335 e. The lowest BCUT2D eigenvalue weighted by atomic mass is 10.2. The molecule has 0 saturated heterocycles. The van der Waals surface area contributed by atoms with Gasteiger partial charge in [0.05, 0.1) is 12.2 Å². The SMILES string of the molecule is CCOc1ccc(N/C=C(/C#N)C(=O)Nc2cccc(C(=O)O)c2)cc1. The van der Waals surface area contributed by atoms with Crippen molar-refractivity contribution >= 4 is 23.3 Å². The quantitative estimate of drug-likeness (QED) is 0.521. The van der Waals surface area contributed by atoms with Crippen molar-refractivity contribution in [2.24, 2.45) is 0 Å².